The third-order valence-corrected chi connectivity index (χ3v) is 4.21. The Kier molecular flexibility index (Phi) is 4.35. The van der Waals surface area contributed by atoms with E-state index in [-0.39, 0.29) is 23.6 Å². The molecular weight excluding hydrogens is 376 g/mol. The number of aromatic carboxylic acids is 1. The summed E-state index contributed by atoms with van der Waals surface area (Å²) in [4.78, 5) is 36.9. The maximum atomic E-state index is 12.6. The fourth-order valence-corrected chi connectivity index (χ4v) is 2.81. The van der Waals surface area contributed by atoms with E-state index < -0.39 is 17.9 Å². The Bertz CT molecular complexity index is 820. The van der Waals surface area contributed by atoms with Crippen molar-refractivity contribution >= 4 is 45.1 Å². The van der Waals surface area contributed by atoms with Crippen LogP contribution in [0.2, 0.25) is 0 Å². The molecule has 0 spiro atoms. The summed E-state index contributed by atoms with van der Waals surface area (Å²) >= 11 is 3.33. The molecule has 3 rings (SSSR count). The summed E-state index contributed by atoms with van der Waals surface area (Å²) in [7, 11) is 0. The highest BCUT2D eigenvalue weighted by molar-refractivity contribution is 9.10. The number of nitrogens with one attached hydrogen (secondary N) is 1. The summed E-state index contributed by atoms with van der Waals surface area (Å²) in [6, 6.07) is 12.4. The van der Waals surface area contributed by atoms with Crippen LogP contribution in [0.15, 0.2) is 53.0 Å². The average Bonchev–Trinajstić information content (AvgIpc) is 2.83. The van der Waals surface area contributed by atoms with Gasteiger partial charge in [-0.15, -0.1) is 0 Å². The van der Waals surface area contributed by atoms with E-state index in [0.29, 0.717) is 0 Å². The first-order valence-electron chi connectivity index (χ1n) is 7.18. The van der Waals surface area contributed by atoms with Gasteiger partial charge in [-0.2, -0.15) is 0 Å². The minimum absolute atomic E-state index is 0.0200. The van der Waals surface area contributed by atoms with E-state index in [1.165, 1.54) is 18.2 Å². The molecule has 1 unspecified atom stereocenters. The average molecular weight is 389 g/mol. The number of carbonyl (C=O) groups excluding carboxylic acids is 2. The minimum Gasteiger partial charge on any atom is -0.478 e. The van der Waals surface area contributed by atoms with Crippen molar-refractivity contribution in [3.63, 3.8) is 0 Å². The highest BCUT2D eigenvalue weighted by atomic mass is 79.9. The summed E-state index contributed by atoms with van der Waals surface area (Å²) in [5.41, 5.74) is 1.02. The Balaban J connectivity index is 1.82. The van der Waals surface area contributed by atoms with Crippen LogP contribution in [0.5, 0.6) is 0 Å². The van der Waals surface area contributed by atoms with Crippen molar-refractivity contribution in [2.45, 2.75) is 12.5 Å². The molecule has 1 atom stereocenters. The Morgan fingerprint density at radius 1 is 1.17 bits per heavy atom. The van der Waals surface area contributed by atoms with E-state index in [2.05, 4.69) is 21.2 Å². The van der Waals surface area contributed by atoms with Crippen LogP contribution in [0.1, 0.15) is 16.8 Å². The molecule has 0 aliphatic carbocycles. The number of benzene rings is 2. The zero-order valence-electron chi connectivity index (χ0n) is 12.4. The number of carbonyl (C=O) groups is 3. The molecule has 1 fully saturated rings. The topological polar surface area (TPSA) is 86.7 Å². The summed E-state index contributed by atoms with van der Waals surface area (Å²) in [5, 5.41) is 12.1. The zero-order valence-corrected chi connectivity index (χ0v) is 14.0. The fraction of sp³-hybridized carbons (Fsp3) is 0.118. The molecule has 122 valence electrons. The molecule has 0 bridgehead atoms. The molecule has 1 aliphatic rings. The summed E-state index contributed by atoms with van der Waals surface area (Å²) < 4.78 is 0.911. The lowest BCUT2D eigenvalue weighted by molar-refractivity contribution is -0.121. The smallest absolute Gasteiger partial charge is 0.335 e. The second-order valence-electron chi connectivity index (χ2n) is 5.33. The van der Waals surface area contributed by atoms with Gasteiger partial charge in [0.1, 0.15) is 6.04 Å². The second kappa shape index (κ2) is 6.45. The van der Waals surface area contributed by atoms with E-state index in [4.69, 9.17) is 5.11 Å². The lowest BCUT2D eigenvalue weighted by Gasteiger charge is -2.16. The standard InChI is InChI=1S/C17H13BrN2O4/c18-11-4-6-12(7-5-11)19-14-9-15(21)20(16(14)22)13-3-1-2-10(8-13)17(23)24/h1-8,14,19H,9H2,(H,23,24). The first-order valence-corrected chi connectivity index (χ1v) is 7.97. The zero-order chi connectivity index (χ0) is 17.3. The number of halogens is 1. The van der Waals surface area contributed by atoms with E-state index in [9.17, 15) is 14.4 Å². The fourth-order valence-electron chi connectivity index (χ4n) is 2.54. The third-order valence-electron chi connectivity index (χ3n) is 3.68. The number of nitrogens with zero attached hydrogens (tertiary/aromatic N) is 1. The van der Waals surface area contributed by atoms with Crippen molar-refractivity contribution in [1.82, 2.24) is 0 Å². The van der Waals surface area contributed by atoms with Gasteiger partial charge in [0.2, 0.25) is 5.91 Å². The molecule has 7 heteroatoms. The molecule has 0 saturated carbocycles. The Labute approximate surface area is 146 Å². The van der Waals surface area contributed by atoms with Crippen LogP contribution >= 0.6 is 15.9 Å². The molecule has 1 heterocycles. The van der Waals surface area contributed by atoms with Crippen molar-refractivity contribution in [3.05, 3.63) is 58.6 Å². The van der Waals surface area contributed by atoms with Gasteiger partial charge in [-0.3, -0.25) is 9.59 Å². The lowest BCUT2D eigenvalue weighted by Crippen LogP contribution is -2.34. The van der Waals surface area contributed by atoms with Crippen LogP contribution in [0.4, 0.5) is 11.4 Å². The number of amides is 2. The van der Waals surface area contributed by atoms with Gasteiger partial charge in [-0.1, -0.05) is 22.0 Å². The quantitative estimate of drug-likeness (QED) is 0.786. The highest BCUT2D eigenvalue weighted by Gasteiger charge is 2.39. The lowest BCUT2D eigenvalue weighted by atomic mass is 10.2. The number of hydrogen-bond donors (Lipinski definition) is 2. The van der Waals surface area contributed by atoms with Crippen LogP contribution in [-0.4, -0.2) is 28.9 Å². The highest BCUT2D eigenvalue weighted by Crippen LogP contribution is 2.26. The van der Waals surface area contributed by atoms with E-state index >= 15 is 0 Å². The van der Waals surface area contributed by atoms with Gasteiger partial charge in [0, 0.05) is 10.2 Å². The Morgan fingerprint density at radius 3 is 2.54 bits per heavy atom. The number of rotatable bonds is 4. The van der Waals surface area contributed by atoms with E-state index in [1.54, 1.807) is 18.2 Å². The Hall–Kier alpha value is -2.67. The van der Waals surface area contributed by atoms with Crippen molar-refractivity contribution in [2.75, 3.05) is 10.2 Å². The van der Waals surface area contributed by atoms with Crippen molar-refractivity contribution in [3.8, 4) is 0 Å². The van der Waals surface area contributed by atoms with Crippen LogP contribution in [0, 0.1) is 0 Å². The van der Waals surface area contributed by atoms with E-state index in [1.807, 2.05) is 12.1 Å². The molecule has 2 aromatic carbocycles. The predicted octanol–water partition coefficient (Wildman–Crippen LogP) is 2.89. The molecule has 2 amide bonds. The van der Waals surface area contributed by atoms with Gasteiger partial charge in [0.05, 0.1) is 17.7 Å². The largest absolute Gasteiger partial charge is 0.478 e. The van der Waals surface area contributed by atoms with Gasteiger partial charge >= 0.3 is 5.97 Å². The number of carboxylic acid groups (broad SMARTS) is 1. The molecular formula is C17H13BrN2O4. The molecule has 0 radical (unpaired) electrons. The molecule has 1 aliphatic heterocycles. The first-order chi connectivity index (χ1) is 11.5. The molecule has 6 nitrogen and oxygen atoms in total. The number of carboxylic acids is 1. The molecule has 1 saturated heterocycles. The summed E-state index contributed by atoms with van der Waals surface area (Å²) in [6.45, 7) is 0. The number of hydrogen-bond acceptors (Lipinski definition) is 4. The van der Waals surface area contributed by atoms with Crippen LogP contribution in [0.25, 0.3) is 0 Å². The predicted molar refractivity (Wildman–Crippen MR) is 92.1 cm³/mol. The molecule has 24 heavy (non-hydrogen) atoms. The summed E-state index contributed by atoms with van der Waals surface area (Å²) in [5.74, 6) is -1.87. The van der Waals surface area contributed by atoms with Gasteiger partial charge < -0.3 is 10.4 Å². The number of imide groups is 1. The second-order valence-corrected chi connectivity index (χ2v) is 6.25. The maximum Gasteiger partial charge on any atom is 0.335 e. The van der Waals surface area contributed by atoms with Gasteiger partial charge in [-0.05, 0) is 42.5 Å². The molecule has 0 aromatic heterocycles. The monoisotopic (exact) mass is 388 g/mol. The third kappa shape index (κ3) is 3.16. The van der Waals surface area contributed by atoms with Crippen molar-refractivity contribution < 1.29 is 19.5 Å². The van der Waals surface area contributed by atoms with Gasteiger partial charge in [0.25, 0.3) is 5.91 Å². The summed E-state index contributed by atoms with van der Waals surface area (Å²) in [6.07, 6.45) is 0.0200. The van der Waals surface area contributed by atoms with Crippen LogP contribution in [0.3, 0.4) is 0 Å². The first kappa shape index (κ1) is 16.2. The van der Waals surface area contributed by atoms with E-state index in [0.717, 1.165) is 15.1 Å². The van der Waals surface area contributed by atoms with Crippen LogP contribution < -0.4 is 10.2 Å². The van der Waals surface area contributed by atoms with Gasteiger partial charge in [0.15, 0.2) is 0 Å². The molecule has 2 N–H and O–H groups in total. The SMILES string of the molecule is O=C(O)c1cccc(N2C(=O)CC(Nc3ccc(Br)cc3)C2=O)c1. The van der Waals surface area contributed by atoms with Crippen molar-refractivity contribution in [2.24, 2.45) is 0 Å². The minimum atomic E-state index is -1.11. The van der Waals surface area contributed by atoms with Crippen LogP contribution in [-0.2, 0) is 9.59 Å². The van der Waals surface area contributed by atoms with Crippen molar-refractivity contribution in [1.29, 1.82) is 0 Å². The Morgan fingerprint density at radius 2 is 1.88 bits per heavy atom. The van der Waals surface area contributed by atoms with Gasteiger partial charge in [-0.25, -0.2) is 9.69 Å². The maximum absolute atomic E-state index is 12.6. The number of anilines is 2. The molecule has 2 aromatic rings. The normalized spacial score (nSPS) is 17.2.